The van der Waals surface area contributed by atoms with Gasteiger partial charge in [-0.3, -0.25) is 0 Å². The van der Waals surface area contributed by atoms with E-state index in [9.17, 15) is 4.39 Å². The summed E-state index contributed by atoms with van der Waals surface area (Å²) in [4.78, 5) is 4.23. The molecule has 0 aliphatic heterocycles. The van der Waals surface area contributed by atoms with E-state index in [2.05, 4.69) is 29.2 Å². The van der Waals surface area contributed by atoms with Crippen LogP contribution in [-0.4, -0.2) is 21.3 Å². The van der Waals surface area contributed by atoms with Gasteiger partial charge in [0.25, 0.3) is 0 Å². The largest absolute Gasteiger partial charge is 0.310 e. The lowest BCUT2D eigenvalue weighted by molar-refractivity contribution is 0.539. The number of nitrogens with zero attached hydrogens (tertiary/aromatic N) is 3. The summed E-state index contributed by atoms with van der Waals surface area (Å²) in [7, 11) is 0. The third-order valence-electron chi connectivity index (χ3n) is 2.75. The Morgan fingerprint density at radius 1 is 1.40 bits per heavy atom. The maximum Gasteiger partial charge on any atom is 0.164 e. The molecule has 4 nitrogen and oxygen atoms in total. The third-order valence-corrected chi connectivity index (χ3v) is 3.04. The number of hydrogen-bond donors (Lipinski definition) is 1. The minimum absolute atomic E-state index is 0.126. The van der Waals surface area contributed by atoms with Crippen molar-refractivity contribution in [3.63, 3.8) is 0 Å². The van der Waals surface area contributed by atoms with Crippen LogP contribution in [0.5, 0.6) is 0 Å². The summed E-state index contributed by atoms with van der Waals surface area (Å²) in [6.07, 6.45) is 1.67. The second-order valence-corrected chi connectivity index (χ2v) is 5.54. The average molecular weight is 297 g/mol. The number of halogens is 2. The Hall–Kier alpha value is -1.46. The molecule has 0 radical (unpaired) electrons. The molecule has 0 atom stereocenters. The highest BCUT2D eigenvalue weighted by Gasteiger charge is 2.04. The first kappa shape index (κ1) is 14.9. The lowest BCUT2D eigenvalue weighted by Crippen LogP contribution is -2.19. The van der Waals surface area contributed by atoms with E-state index in [1.54, 1.807) is 23.1 Å². The van der Waals surface area contributed by atoms with E-state index in [1.165, 1.54) is 6.07 Å². The van der Waals surface area contributed by atoms with Crippen LogP contribution in [0.3, 0.4) is 0 Å². The Morgan fingerprint density at radius 3 is 2.90 bits per heavy atom. The van der Waals surface area contributed by atoms with Gasteiger partial charge in [-0.05, 0) is 30.2 Å². The fraction of sp³-hybridized carbons (Fsp3) is 0.429. The van der Waals surface area contributed by atoms with Gasteiger partial charge in [0, 0.05) is 0 Å². The zero-order valence-corrected chi connectivity index (χ0v) is 12.4. The Labute approximate surface area is 123 Å². The maximum absolute atomic E-state index is 13.1. The van der Waals surface area contributed by atoms with Crippen LogP contribution < -0.4 is 5.32 Å². The van der Waals surface area contributed by atoms with Crippen molar-refractivity contribution in [2.75, 3.05) is 6.54 Å². The molecule has 0 spiro atoms. The van der Waals surface area contributed by atoms with Crippen molar-refractivity contribution in [1.82, 2.24) is 20.1 Å². The minimum Gasteiger partial charge on any atom is -0.310 e. The van der Waals surface area contributed by atoms with Crippen LogP contribution in [0.4, 0.5) is 4.39 Å². The molecule has 0 unspecified atom stereocenters. The highest BCUT2D eigenvalue weighted by molar-refractivity contribution is 6.30. The van der Waals surface area contributed by atoms with Gasteiger partial charge in [-0.2, -0.15) is 5.10 Å². The Bertz CT molecular complexity index is 568. The lowest BCUT2D eigenvalue weighted by atomic mass is 10.2. The van der Waals surface area contributed by atoms with E-state index < -0.39 is 5.82 Å². The van der Waals surface area contributed by atoms with Crippen molar-refractivity contribution in [1.29, 1.82) is 0 Å². The molecule has 1 heterocycles. The van der Waals surface area contributed by atoms with Gasteiger partial charge >= 0.3 is 0 Å². The van der Waals surface area contributed by atoms with Crippen molar-refractivity contribution in [3.8, 4) is 0 Å². The fourth-order valence-electron chi connectivity index (χ4n) is 1.79. The van der Waals surface area contributed by atoms with Gasteiger partial charge in [0.05, 0.1) is 18.1 Å². The quantitative estimate of drug-likeness (QED) is 0.891. The monoisotopic (exact) mass is 296 g/mol. The molecule has 0 amide bonds. The van der Waals surface area contributed by atoms with E-state index >= 15 is 0 Å². The van der Waals surface area contributed by atoms with E-state index in [0.29, 0.717) is 19.0 Å². The molecule has 0 aliphatic carbocycles. The van der Waals surface area contributed by atoms with Crippen LogP contribution in [-0.2, 0) is 13.1 Å². The normalized spacial score (nSPS) is 11.2. The fourth-order valence-corrected chi connectivity index (χ4v) is 1.99. The third kappa shape index (κ3) is 4.28. The molecule has 2 aromatic rings. The molecule has 0 bridgehead atoms. The number of benzene rings is 1. The summed E-state index contributed by atoms with van der Waals surface area (Å²) in [5.41, 5.74) is 0.892. The zero-order chi connectivity index (χ0) is 14.5. The first-order valence-electron chi connectivity index (χ1n) is 6.57. The van der Waals surface area contributed by atoms with Crippen molar-refractivity contribution in [2.45, 2.75) is 26.9 Å². The summed E-state index contributed by atoms with van der Waals surface area (Å²) >= 11 is 5.75. The Morgan fingerprint density at radius 2 is 2.20 bits per heavy atom. The molecule has 1 aromatic heterocycles. The Kier molecular flexibility index (Phi) is 5.09. The predicted molar refractivity (Wildman–Crippen MR) is 77.1 cm³/mol. The molecule has 2 rings (SSSR count). The van der Waals surface area contributed by atoms with Gasteiger partial charge in [0.2, 0.25) is 0 Å². The molecule has 1 aromatic carbocycles. The highest BCUT2D eigenvalue weighted by Crippen LogP contribution is 2.16. The first-order chi connectivity index (χ1) is 9.54. The van der Waals surface area contributed by atoms with Crippen LogP contribution in [0.25, 0.3) is 0 Å². The van der Waals surface area contributed by atoms with Gasteiger partial charge in [0.1, 0.15) is 12.1 Å². The van der Waals surface area contributed by atoms with E-state index in [1.807, 2.05) is 0 Å². The number of aromatic nitrogens is 3. The SMILES string of the molecule is CC(C)CNCc1ncn(Cc2ccc(F)c(Cl)c2)n1. The smallest absolute Gasteiger partial charge is 0.164 e. The molecule has 20 heavy (non-hydrogen) atoms. The van der Waals surface area contributed by atoms with Gasteiger partial charge in [-0.25, -0.2) is 14.1 Å². The minimum atomic E-state index is -0.410. The van der Waals surface area contributed by atoms with Crippen LogP contribution in [0.1, 0.15) is 25.2 Å². The number of nitrogens with one attached hydrogen (secondary N) is 1. The van der Waals surface area contributed by atoms with Gasteiger partial charge < -0.3 is 5.32 Å². The van der Waals surface area contributed by atoms with Gasteiger partial charge in [-0.15, -0.1) is 0 Å². The summed E-state index contributed by atoms with van der Waals surface area (Å²) in [6.45, 7) is 6.41. The summed E-state index contributed by atoms with van der Waals surface area (Å²) in [5.74, 6) is 0.935. The summed E-state index contributed by atoms with van der Waals surface area (Å²) < 4.78 is 14.8. The topological polar surface area (TPSA) is 42.7 Å². The van der Waals surface area contributed by atoms with Gasteiger partial charge in [0.15, 0.2) is 5.82 Å². The molecule has 0 saturated heterocycles. The summed E-state index contributed by atoms with van der Waals surface area (Å²) in [6, 6.07) is 4.66. The lowest BCUT2D eigenvalue weighted by Gasteiger charge is -2.04. The summed E-state index contributed by atoms with van der Waals surface area (Å²) in [5, 5.41) is 7.77. The zero-order valence-electron chi connectivity index (χ0n) is 11.6. The van der Waals surface area contributed by atoms with Gasteiger partial charge in [-0.1, -0.05) is 31.5 Å². The molecule has 0 saturated carbocycles. The molecule has 1 N–H and O–H groups in total. The second-order valence-electron chi connectivity index (χ2n) is 5.13. The molecule has 108 valence electrons. The molecule has 0 aliphatic rings. The standard InChI is InChI=1S/C14H18ClFN4/c1-10(2)6-17-7-14-18-9-20(19-14)8-11-3-4-13(16)12(15)5-11/h3-5,9-10,17H,6-8H2,1-2H3. The average Bonchev–Trinajstić information content (AvgIpc) is 2.81. The molecule has 0 fully saturated rings. The van der Waals surface area contributed by atoms with Crippen molar-refractivity contribution in [2.24, 2.45) is 5.92 Å². The highest BCUT2D eigenvalue weighted by atomic mass is 35.5. The van der Waals surface area contributed by atoms with Crippen molar-refractivity contribution in [3.05, 3.63) is 46.8 Å². The maximum atomic E-state index is 13.1. The van der Waals surface area contributed by atoms with Crippen molar-refractivity contribution >= 4 is 11.6 Å². The van der Waals surface area contributed by atoms with E-state index in [0.717, 1.165) is 17.9 Å². The van der Waals surface area contributed by atoms with Crippen molar-refractivity contribution < 1.29 is 4.39 Å². The number of hydrogen-bond acceptors (Lipinski definition) is 3. The van der Waals surface area contributed by atoms with Crippen LogP contribution in [0.15, 0.2) is 24.5 Å². The second kappa shape index (κ2) is 6.81. The molecule has 6 heteroatoms. The van der Waals surface area contributed by atoms with Crippen LogP contribution in [0, 0.1) is 11.7 Å². The number of rotatable bonds is 6. The molecular formula is C14H18ClFN4. The van der Waals surface area contributed by atoms with Crippen LogP contribution in [0.2, 0.25) is 5.02 Å². The van der Waals surface area contributed by atoms with E-state index in [4.69, 9.17) is 11.6 Å². The Balaban J connectivity index is 1.93. The molecular weight excluding hydrogens is 279 g/mol. The first-order valence-corrected chi connectivity index (χ1v) is 6.95. The van der Waals surface area contributed by atoms with E-state index in [-0.39, 0.29) is 5.02 Å². The predicted octanol–water partition coefficient (Wildman–Crippen LogP) is 2.86. The van der Waals surface area contributed by atoms with Crippen LogP contribution >= 0.6 is 11.6 Å².